The van der Waals surface area contributed by atoms with Crippen LogP contribution in [0.4, 0.5) is 5.00 Å². The van der Waals surface area contributed by atoms with E-state index in [4.69, 9.17) is 10.5 Å². The number of rotatable bonds is 7. The number of fused-ring (bicyclic) bond motifs is 1. The van der Waals surface area contributed by atoms with E-state index < -0.39 is 27.4 Å². The van der Waals surface area contributed by atoms with Gasteiger partial charge in [0, 0.05) is 18.0 Å². The molecule has 0 radical (unpaired) electrons. The van der Waals surface area contributed by atoms with Gasteiger partial charge in [-0.2, -0.15) is 0 Å². The van der Waals surface area contributed by atoms with Crippen molar-refractivity contribution < 1.29 is 22.7 Å². The first kappa shape index (κ1) is 21.3. The molecule has 1 aromatic carbocycles. The number of amides is 2. The van der Waals surface area contributed by atoms with Crippen LogP contribution in [0.5, 0.6) is 5.75 Å². The van der Waals surface area contributed by atoms with Gasteiger partial charge < -0.3 is 15.8 Å². The van der Waals surface area contributed by atoms with Crippen molar-refractivity contribution in [1.82, 2.24) is 4.90 Å². The van der Waals surface area contributed by atoms with Gasteiger partial charge in [-0.1, -0.05) is 6.92 Å². The summed E-state index contributed by atoms with van der Waals surface area (Å²) in [4.78, 5) is 27.7. The molecule has 3 N–H and O–H groups in total. The number of primary amides is 1. The molecule has 0 unspecified atom stereocenters. The minimum atomic E-state index is -3.84. The molecule has 1 aliphatic heterocycles. The van der Waals surface area contributed by atoms with Gasteiger partial charge in [-0.05, 0) is 42.8 Å². The standard InChI is InChI=1S/C19H23N3O5S2/c1-3-22-9-8-14-15(10-22)28-19(17(14)18(20)24)21-16(23)11-29(25,26)13-6-4-12(27-2)5-7-13/h4-7H,3,8-11H2,1-2H3,(H2,20,24)(H,21,23). The number of hydrogen-bond donors (Lipinski definition) is 2. The van der Waals surface area contributed by atoms with Gasteiger partial charge >= 0.3 is 0 Å². The van der Waals surface area contributed by atoms with E-state index in [-0.39, 0.29) is 10.5 Å². The molecule has 8 nitrogen and oxygen atoms in total. The number of nitrogens with two attached hydrogens (primary N) is 1. The summed E-state index contributed by atoms with van der Waals surface area (Å²) < 4.78 is 30.1. The number of nitrogens with zero attached hydrogens (tertiary/aromatic N) is 1. The lowest BCUT2D eigenvalue weighted by molar-refractivity contribution is -0.113. The molecule has 2 aromatic rings. The molecule has 0 bridgehead atoms. The number of ether oxygens (including phenoxy) is 1. The SMILES string of the molecule is CCN1CCc2c(sc(NC(=O)CS(=O)(=O)c3ccc(OC)cc3)c2C(N)=O)C1. The highest BCUT2D eigenvalue weighted by Crippen LogP contribution is 2.37. The summed E-state index contributed by atoms with van der Waals surface area (Å²) in [7, 11) is -2.36. The average Bonchev–Trinajstić information content (AvgIpc) is 3.04. The fourth-order valence-electron chi connectivity index (χ4n) is 3.28. The predicted octanol–water partition coefficient (Wildman–Crippen LogP) is 1.65. The fraction of sp³-hybridized carbons (Fsp3) is 0.368. The molecule has 29 heavy (non-hydrogen) atoms. The van der Waals surface area contributed by atoms with Crippen molar-refractivity contribution in [2.75, 3.05) is 31.3 Å². The molecule has 0 saturated heterocycles. The van der Waals surface area contributed by atoms with Crippen LogP contribution in [0.15, 0.2) is 29.2 Å². The summed E-state index contributed by atoms with van der Waals surface area (Å²) in [6, 6.07) is 5.81. The van der Waals surface area contributed by atoms with Crippen molar-refractivity contribution in [3.63, 3.8) is 0 Å². The lowest BCUT2D eigenvalue weighted by Crippen LogP contribution is -2.30. The third-order valence-electron chi connectivity index (χ3n) is 4.82. The zero-order valence-electron chi connectivity index (χ0n) is 16.2. The van der Waals surface area contributed by atoms with Crippen LogP contribution in [0.2, 0.25) is 0 Å². The molecule has 156 valence electrons. The Labute approximate surface area is 173 Å². The first-order chi connectivity index (χ1) is 13.7. The van der Waals surface area contributed by atoms with Crippen molar-refractivity contribution in [2.24, 2.45) is 5.73 Å². The molecule has 0 atom stereocenters. The van der Waals surface area contributed by atoms with E-state index in [1.807, 2.05) is 0 Å². The van der Waals surface area contributed by atoms with E-state index in [1.54, 1.807) is 0 Å². The molecule has 2 amide bonds. The van der Waals surface area contributed by atoms with Crippen molar-refractivity contribution >= 4 is 38.0 Å². The zero-order chi connectivity index (χ0) is 21.2. The normalized spacial score (nSPS) is 14.3. The van der Waals surface area contributed by atoms with Gasteiger partial charge in [0.1, 0.15) is 16.5 Å². The first-order valence-corrected chi connectivity index (χ1v) is 11.6. The second-order valence-electron chi connectivity index (χ2n) is 6.67. The van der Waals surface area contributed by atoms with Gasteiger partial charge in [0.05, 0.1) is 17.6 Å². The van der Waals surface area contributed by atoms with Gasteiger partial charge in [-0.15, -0.1) is 11.3 Å². The molecular weight excluding hydrogens is 414 g/mol. The van der Waals surface area contributed by atoms with Crippen molar-refractivity contribution in [3.05, 3.63) is 40.3 Å². The maximum absolute atomic E-state index is 12.5. The first-order valence-electron chi connectivity index (χ1n) is 9.08. The van der Waals surface area contributed by atoms with E-state index in [2.05, 4.69) is 17.1 Å². The second-order valence-corrected chi connectivity index (χ2v) is 9.77. The van der Waals surface area contributed by atoms with Gasteiger partial charge in [-0.25, -0.2) is 8.42 Å². The third-order valence-corrected chi connectivity index (χ3v) is 7.59. The van der Waals surface area contributed by atoms with Crippen LogP contribution in [0, 0.1) is 0 Å². The van der Waals surface area contributed by atoms with Crippen LogP contribution in [0.1, 0.15) is 27.7 Å². The van der Waals surface area contributed by atoms with Gasteiger partial charge in [0.15, 0.2) is 9.84 Å². The number of anilines is 1. The molecule has 1 aliphatic rings. The number of thiophene rings is 1. The Kier molecular flexibility index (Phi) is 6.25. The Morgan fingerprint density at radius 1 is 1.28 bits per heavy atom. The average molecular weight is 438 g/mol. The maximum Gasteiger partial charge on any atom is 0.251 e. The van der Waals surface area contributed by atoms with Crippen LogP contribution in [-0.4, -0.2) is 51.1 Å². The number of hydrogen-bond acceptors (Lipinski definition) is 7. The Morgan fingerprint density at radius 2 is 1.97 bits per heavy atom. The number of carbonyl (C=O) groups excluding carboxylic acids is 2. The minimum absolute atomic E-state index is 0.0210. The lowest BCUT2D eigenvalue weighted by atomic mass is 10.0. The minimum Gasteiger partial charge on any atom is -0.497 e. The summed E-state index contributed by atoms with van der Waals surface area (Å²) in [5.41, 5.74) is 6.68. The van der Waals surface area contributed by atoms with Crippen molar-refractivity contribution in [2.45, 2.75) is 24.8 Å². The van der Waals surface area contributed by atoms with E-state index in [0.717, 1.165) is 23.5 Å². The molecule has 0 spiro atoms. The zero-order valence-corrected chi connectivity index (χ0v) is 17.9. The van der Waals surface area contributed by atoms with Crippen LogP contribution in [-0.2, 0) is 27.6 Å². The highest BCUT2D eigenvalue weighted by Gasteiger charge is 2.28. The predicted molar refractivity (Wildman–Crippen MR) is 111 cm³/mol. The molecule has 0 saturated carbocycles. The Morgan fingerprint density at radius 3 is 2.55 bits per heavy atom. The van der Waals surface area contributed by atoms with Crippen molar-refractivity contribution in [3.8, 4) is 5.75 Å². The van der Waals surface area contributed by atoms with Gasteiger partial charge in [0.25, 0.3) is 5.91 Å². The van der Waals surface area contributed by atoms with Gasteiger partial charge in [0.2, 0.25) is 5.91 Å². The number of benzene rings is 1. The monoisotopic (exact) mass is 437 g/mol. The largest absolute Gasteiger partial charge is 0.497 e. The molecule has 3 rings (SSSR count). The van der Waals surface area contributed by atoms with E-state index in [9.17, 15) is 18.0 Å². The molecule has 0 aliphatic carbocycles. The summed E-state index contributed by atoms with van der Waals surface area (Å²) in [5, 5.41) is 2.90. The van der Waals surface area contributed by atoms with E-state index >= 15 is 0 Å². The number of methoxy groups -OCH3 is 1. The summed E-state index contributed by atoms with van der Waals surface area (Å²) >= 11 is 1.28. The molecule has 1 aromatic heterocycles. The molecule has 2 heterocycles. The summed E-state index contributed by atoms with van der Waals surface area (Å²) in [6.45, 7) is 4.42. The maximum atomic E-state index is 12.5. The van der Waals surface area contributed by atoms with Crippen LogP contribution in [0.3, 0.4) is 0 Å². The third kappa shape index (κ3) is 4.60. The number of carbonyl (C=O) groups is 2. The Bertz CT molecular complexity index is 1030. The van der Waals surface area contributed by atoms with E-state index in [1.165, 1.54) is 42.7 Å². The molecule has 0 fully saturated rings. The number of sulfone groups is 1. The van der Waals surface area contributed by atoms with Gasteiger partial charge in [-0.3, -0.25) is 14.5 Å². The fourth-order valence-corrected chi connectivity index (χ4v) is 5.72. The number of nitrogens with one attached hydrogen (secondary N) is 1. The second kappa shape index (κ2) is 8.52. The van der Waals surface area contributed by atoms with Crippen LogP contribution < -0.4 is 15.8 Å². The highest BCUT2D eigenvalue weighted by molar-refractivity contribution is 7.92. The van der Waals surface area contributed by atoms with Crippen molar-refractivity contribution in [1.29, 1.82) is 0 Å². The number of likely N-dealkylation sites (N-methyl/N-ethyl adjacent to an activating group) is 1. The highest BCUT2D eigenvalue weighted by atomic mass is 32.2. The van der Waals surface area contributed by atoms with Crippen LogP contribution in [0.25, 0.3) is 0 Å². The summed E-state index contributed by atoms with van der Waals surface area (Å²) in [6.07, 6.45) is 0.665. The molecule has 10 heteroatoms. The molecular formula is C19H23N3O5S2. The topological polar surface area (TPSA) is 119 Å². The quantitative estimate of drug-likeness (QED) is 0.680. The lowest BCUT2D eigenvalue weighted by Gasteiger charge is -2.25. The summed E-state index contributed by atoms with van der Waals surface area (Å²) in [5.74, 6) is -1.55. The Hall–Kier alpha value is -2.43. The van der Waals surface area contributed by atoms with Crippen LogP contribution >= 0.6 is 11.3 Å². The smallest absolute Gasteiger partial charge is 0.251 e. The van der Waals surface area contributed by atoms with E-state index in [0.29, 0.717) is 23.7 Å². The Balaban J connectivity index is 1.79.